The van der Waals surface area contributed by atoms with E-state index < -0.39 is 17.4 Å². The molecule has 2 fully saturated rings. The summed E-state index contributed by atoms with van der Waals surface area (Å²) in [5.41, 5.74) is 2.10. The van der Waals surface area contributed by atoms with E-state index in [0.29, 0.717) is 16.9 Å². The number of allylic oxidation sites excluding steroid dienone is 2. The highest BCUT2D eigenvalue weighted by Crippen LogP contribution is 2.64. The van der Waals surface area contributed by atoms with Gasteiger partial charge in [-0.15, -0.1) is 0 Å². The van der Waals surface area contributed by atoms with E-state index in [-0.39, 0.29) is 17.2 Å². The summed E-state index contributed by atoms with van der Waals surface area (Å²) < 4.78 is 0. The third-order valence-corrected chi connectivity index (χ3v) is 9.42. The quantitative estimate of drug-likeness (QED) is 0.532. The van der Waals surface area contributed by atoms with Crippen LogP contribution in [-0.4, -0.2) is 17.0 Å². The molecule has 32 heavy (non-hydrogen) atoms. The molecule has 3 aliphatic rings. The van der Waals surface area contributed by atoms with Crippen LogP contribution in [0, 0.1) is 28.1 Å². The lowest BCUT2D eigenvalue weighted by atomic mass is 9.45. The van der Waals surface area contributed by atoms with E-state index in [9.17, 15) is 14.7 Å². The number of carbonyl (C=O) groups is 2. The van der Waals surface area contributed by atoms with Crippen molar-refractivity contribution in [1.82, 2.24) is 5.32 Å². The van der Waals surface area contributed by atoms with Crippen LogP contribution in [0.4, 0.5) is 0 Å². The molecule has 4 nitrogen and oxygen atoms in total. The number of nitrogens with one attached hydrogen (secondary N) is 1. The van der Waals surface area contributed by atoms with Crippen LogP contribution in [0.1, 0.15) is 90.7 Å². The second-order valence-corrected chi connectivity index (χ2v) is 11.4. The number of fused-ring (bicyclic) bond motifs is 3. The van der Waals surface area contributed by atoms with Gasteiger partial charge in [-0.05, 0) is 66.8 Å². The Hall–Kier alpha value is -2.10. The van der Waals surface area contributed by atoms with Crippen molar-refractivity contribution in [1.29, 1.82) is 0 Å². The minimum Gasteiger partial charge on any atom is -0.479 e. The van der Waals surface area contributed by atoms with Gasteiger partial charge in [-0.1, -0.05) is 82.5 Å². The molecule has 1 aromatic carbocycles. The molecule has 174 valence electrons. The summed E-state index contributed by atoms with van der Waals surface area (Å²) in [7, 11) is 0. The predicted octanol–water partition coefficient (Wildman–Crippen LogP) is 6.29. The molecule has 3 aliphatic carbocycles. The van der Waals surface area contributed by atoms with Crippen LogP contribution in [0.3, 0.4) is 0 Å². The third kappa shape index (κ3) is 3.80. The summed E-state index contributed by atoms with van der Waals surface area (Å²) in [5, 5.41) is 12.8. The summed E-state index contributed by atoms with van der Waals surface area (Å²) in [6.07, 6.45) is 11.3. The number of hydrogen-bond acceptors (Lipinski definition) is 2. The van der Waals surface area contributed by atoms with Crippen molar-refractivity contribution in [3.63, 3.8) is 0 Å². The van der Waals surface area contributed by atoms with Gasteiger partial charge in [-0.3, -0.25) is 4.79 Å². The highest BCUT2D eigenvalue weighted by molar-refractivity contribution is 5.88. The van der Waals surface area contributed by atoms with E-state index in [0.717, 1.165) is 38.5 Å². The fourth-order valence-corrected chi connectivity index (χ4v) is 7.28. The average Bonchev–Trinajstić information content (AvgIpc) is 2.77. The van der Waals surface area contributed by atoms with Gasteiger partial charge in [0.2, 0.25) is 5.91 Å². The number of benzene rings is 1. The second-order valence-electron chi connectivity index (χ2n) is 11.4. The number of carboxylic acids is 1. The molecule has 6 atom stereocenters. The maximum Gasteiger partial charge on any atom is 0.330 e. The van der Waals surface area contributed by atoms with Crippen LogP contribution in [0.5, 0.6) is 0 Å². The van der Waals surface area contributed by atoms with Crippen LogP contribution in [0.25, 0.3) is 0 Å². The molecule has 2 unspecified atom stereocenters. The zero-order valence-corrected chi connectivity index (χ0v) is 20.1. The number of amides is 1. The van der Waals surface area contributed by atoms with Gasteiger partial charge in [-0.2, -0.15) is 0 Å². The standard InChI is InChI=1S/C28H39NO3/c1-5-26(2)17-14-21-20(18-26)12-13-22-27(21,3)15-9-16-28(22,4)25(32)29-23(24(30)31)19-10-7-6-8-11-19/h6-8,10-11,14,20,22-23H,5,9,12-13,15-18H2,1-4H3,(H,29,32)(H,30,31)/t20?,22?,23-,26-,27-,28+/m0/s1. The number of carboxylic acid groups (broad SMARTS) is 1. The lowest BCUT2D eigenvalue weighted by Gasteiger charge is -2.59. The maximum absolute atomic E-state index is 13.7. The van der Waals surface area contributed by atoms with Crippen LogP contribution < -0.4 is 5.32 Å². The van der Waals surface area contributed by atoms with Gasteiger partial charge in [-0.25, -0.2) is 4.79 Å². The fraction of sp³-hybridized carbons (Fsp3) is 0.643. The summed E-state index contributed by atoms with van der Waals surface area (Å²) in [6, 6.07) is 8.03. The van der Waals surface area contributed by atoms with Crippen molar-refractivity contribution in [3.05, 3.63) is 47.5 Å². The van der Waals surface area contributed by atoms with E-state index in [4.69, 9.17) is 0 Å². The molecular formula is C28H39NO3. The minimum atomic E-state index is -1.01. The van der Waals surface area contributed by atoms with Gasteiger partial charge >= 0.3 is 5.97 Å². The van der Waals surface area contributed by atoms with Gasteiger partial charge in [0.25, 0.3) is 0 Å². The topological polar surface area (TPSA) is 66.4 Å². The summed E-state index contributed by atoms with van der Waals surface area (Å²) in [4.78, 5) is 25.7. The number of hydrogen-bond donors (Lipinski definition) is 2. The molecule has 4 heteroatoms. The average molecular weight is 438 g/mol. The molecule has 0 aliphatic heterocycles. The fourth-order valence-electron chi connectivity index (χ4n) is 7.28. The zero-order valence-electron chi connectivity index (χ0n) is 20.1. The van der Waals surface area contributed by atoms with Crippen LogP contribution in [0.15, 0.2) is 42.0 Å². The maximum atomic E-state index is 13.7. The van der Waals surface area contributed by atoms with Crippen molar-refractivity contribution < 1.29 is 14.7 Å². The Labute approximate surface area is 192 Å². The van der Waals surface area contributed by atoms with Gasteiger partial charge in [0.05, 0.1) is 5.41 Å². The van der Waals surface area contributed by atoms with Crippen molar-refractivity contribution in [3.8, 4) is 0 Å². The molecule has 0 aromatic heterocycles. The van der Waals surface area contributed by atoms with Crippen molar-refractivity contribution in [2.45, 2.75) is 85.1 Å². The Kier molecular flexibility index (Phi) is 6.02. The molecule has 0 radical (unpaired) electrons. The van der Waals surface area contributed by atoms with Gasteiger partial charge in [0.15, 0.2) is 6.04 Å². The summed E-state index contributed by atoms with van der Waals surface area (Å²) >= 11 is 0. The highest BCUT2D eigenvalue weighted by Gasteiger charge is 2.57. The molecule has 0 bridgehead atoms. The lowest BCUT2D eigenvalue weighted by Crippen LogP contribution is -2.56. The first-order valence-corrected chi connectivity index (χ1v) is 12.4. The molecule has 2 saturated carbocycles. The molecule has 0 saturated heterocycles. The zero-order chi connectivity index (χ0) is 23.1. The van der Waals surface area contributed by atoms with Crippen molar-refractivity contribution in [2.24, 2.45) is 28.1 Å². The first kappa shape index (κ1) is 23.1. The molecule has 1 aromatic rings. The van der Waals surface area contributed by atoms with Gasteiger partial charge < -0.3 is 10.4 Å². The molecule has 0 heterocycles. The normalized spacial score (nSPS) is 37.4. The summed E-state index contributed by atoms with van der Waals surface area (Å²) in [6.45, 7) is 9.21. The van der Waals surface area contributed by atoms with Crippen LogP contribution in [0.2, 0.25) is 0 Å². The second kappa shape index (κ2) is 8.35. The molecular weight excluding hydrogens is 398 g/mol. The smallest absolute Gasteiger partial charge is 0.330 e. The first-order valence-electron chi connectivity index (χ1n) is 12.4. The third-order valence-electron chi connectivity index (χ3n) is 9.42. The van der Waals surface area contributed by atoms with E-state index in [1.165, 1.54) is 12.8 Å². The lowest BCUT2D eigenvalue weighted by molar-refractivity contribution is -0.149. The molecule has 2 N–H and O–H groups in total. The van der Waals surface area contributed by atoms with Crippen LogP contribution >= 0.6 is 0 Å². The van der Waals surface area contributed by atoms with E-state index in [1.54, 1.807) is 17.7 Å². The van der Waals surface area contributed by atoms with Crippen LogP contribution in [-0.2, 0) is 9.59 Å². The first-order chi connectivity index (χ1) is 15.1. The minimum absolute atomic E-state index is 0.0355. The highest BCUT2D eigenvalue weighted by atomic mass is 16.4. The van der Waals surface area contributed by atoms with E-state index in [1.807, 2.05) is 18.2 Å². The number of aliphatic carboxylic acids is 1. The summed E-state index contributed by atoms with van der Waals surface area (Å²) in [5.74, 6) is -0.221. The van der Waals surface area contributed by atoms with Crippen molar-refractivity contribution >= 4 is 11.9 Å². The Bertz CT molecular complexity index is 909. The monoisotopic (exact) mass is 437 g/mol. The van der Waals surface area contributed by atoms with E-state index in [2.05, 4.69) is 39.1 Å². The van der Waals surface area contributed by atoms with Gasteiger partial charge in [0, 0.05) is 0 Å². The number of rotatable bonds is 5. The molecule has 4 rings (SSSR count). The Morgan fingerprint density at radius 1 is 1.12 bits per heavy atom. The Balaban J connectivity index is 1.61. The van der Waals surface area contributed by atoms with E-state index >= 15 is 0 Å². The number of carbonyl (C=O) groups excluding carboxylic acids is 1. The SMILES string of the molecule is CC[C@@]1(C)CC=C2C(CCC3[C@](C)(C(=O)N[C@H](C(=O)O)c4ccccc4)CCC[C@@]23C)C1. The Morgan fingerprint density at radius 2 is 1.84 bits per heavy atom. The van der Waals surface area contributed by atoms with Gasteiger partial charge in [0.1, 0.15) is 0 Å². The largest absolute Gasteiger partial charge is 0.479 e. The van der Waals surface area contributed by atoms with Crippen molar-refractivity contribution in [2.75, 3.05) is 0 Å². The Morgan fingerprint density at radius 3 is 2.50 bits per heavy atom. The molecule has 0 spiro atoms. The molecule has 1 amide bonds. The predicted molar refractivity (Wildman–Crippen MR) is 127 cm³/mol.